The zero-order chi connectivity index (χ0) is 13.1. The third-order valence-corrected chi connectivity index (χ3v) is 3.62. The Hall–Kier alpha value is -1.20. The molecule has 5 heteroatoms. The first-order chi connectivity index (χ1) is 7.86. The van der Waals surface area contributed by atoms with Crippen molar-refractivity contribution in [3.05, 3.63) is 36.2 Å². The first-order valence-corrected chi connectivity index (χ1v) is 6.77. The number of hydrogen-bond donors (Lipinski definition) is 1. The number of benzene rings is 1. The molecule has 0 aliphatic rings. The first kappa shape index (κ1) is 13.9. The van der Waals surface area contributed by atoms with E-state index in [2.05, 4.69) is 11.3 Å². The van der Waals surface area contributed by atoms with Gasteiger partial charge in [0.2, 0.25) is 10.0 Å². The largest absolute Gasteiger partial charge is 0.243 e. The quantitative estimate of drug-likeness (QED) is 0.880. The van der Waals surface area contributed by atoms with Gasteiger partial charge in [0.15, 0.2) is 0 Å². The molecule has 1 aromatic carbocycles. The number of hydrogen-bond acceptors (Lipinski definition) is 2. The second kappa shape index (κ2) is 5.42. The Bertz CT molecular complexity index is 509. The molecule has 0 saturated heterocycles. The Kier molecular flexibility index (Phi) is 4.42. The first-order valence-electron chi connectivity index (χ1n) is 5.28. The van der Waals surface area contributed by atoms with E-state index < -0.39 is 15.8 Å². The number of rotatable bonds is 5. The van der Waals surface area contributed by atoms with Gasteiger partial charge >= 0.3 is 0 Å². The van der Waals surface area contributed by atoms with Gasteiger partial charge in [-0.05, 0) is 23.6 Å². The number of nitrogens with one attached hydrogen (secondary N) is 1. The van der Waals surface area contributed by atoms with Crippen molar-refractivity contribution in [3.8, 4) is 0 Å². The zero-order valence-electron chi connectivity index (χ0n) is 9.90. The van der Waals surface area contributed by atoms with E-state index in [-0.39, 0.29) is 17.4 Å². The Labute approximate surface area is 101 Å². The summed E-state index contributed by atoms with van der Waals surface area (Å²) >= 11 is 0. The lowest BCUT2D eigenvalue weighted by molar-refractivity contribution is 0.543. The normalized spacial score (nSPS) is 11.8. The summed E-state index contributed by atoms with van der Waals surface area (Å²) in [5, 5.41) is 0. The highest BCUT2D eigenvalue weighted by molar-refractivity contribution is 7.89. The maximum absolute atomic E-state index is 13.6. The zero-order valence-corrected chi connectivity index (χ0v) is 10.7. The molecule has 0 heterocycles. The minimum Gasteiger partial charge on any atom is -0.211 e. The lowest BCUT2D eigenvalue weighted by atomic mass is 10.2. The Morgan fingerprint density at radius 1 is 1.47 bits per heavy atom. The van der Waals surface area contributed by atoms with E-state index >= 15 is 0 Å². The molecule has 94 valence electrons. The highest BCUT2D eigenvalue weighted by atomic mass is 32.2. The van der Waals surface area contributed by atoms with Gasteiger partial charge in [-0.3, -0.25) is 0 Å². The summed E-state index contributed by atoms with van der Waals surface area (Å²) in [5.41, 5.74) is 0.547. The molecule has 1 N–H and O–H groups in total. The van der Waals surface area contributed by atoms with Crippen LogP contribution in [0.25, 0.3) is 6.08 Å². The molecule has 17 heavy (non-hydrogen) atoms. The van der Waals surface area contributed by atoms with E-state index in [0.29, 0.717) is 5.56 Å². The molecule has 3 nitrogen and oxygen atoms in total. The van der Waals surface area contributed by atoms with Crippen molar-refractivity contribution in [2.45, 2.75) is 18.7 Å². The average molecular weight is 257 g/mol. The Balaban J connectivity index is 3.03. The van der Waals surface area contributed by atoms with Crippen LogP contribution in [-0.2, 0) is 10.0 Å². The summed E-state index contributed by atoms with van der Waals surface area (Å²) in [6, 6.07) is 3.91. The number of halogens is 1. The minimum absolute atomic E-state index is 0.167. The van der Waals surface area contributed by atoms with Gasteiger partial charge in [0.1, 0.15) is 10.7 Å². The summed E-state index contributed by atoms with van der Waals surface area (Å²) in [7, 11) is -3.77. The van der Waals surface area contributed by atoms with Crippen LogP contribution >= 0.6 is 0 Å². The highest BCUT2D eigenvalue weighted by Crippen LogP contribution is 2.16. The SMILES string of the molecule is C=Cc1ccc(S(=O)(=O)NCC(C)C)c(F)c1. The molecule has 0 aliphatic heterocycles. The summed E-state index contributed by atoms with van der Waals surface area (Å²) in [5.74, 6) is -0.598. The van der Waals surface area contributed by atoms with Crippen LogP contribution in [-0.4, -0.2) is 15.0 Å². The molecule has 1 aromatic rings. The van der Waals surface area contributed by atoms with Crippen LogP contribution in [0.5, 0.6) is 0 Å². The van der Waals surface area contributed by atoms with Crippen LogP contribution in [0, 0.1) is 11.7 Å². The average Bonchev–Trinajstić information content (AvgIpc) is 2.26. The third-order valence-electron chi connectivity index (χ3n) is 2.16. The van der Waals surface area contributed by atoms with Gasteiger partial charge in [0.25, 0.3) is 0 Å². The smallest absolute Gasteiger partial charge is 0.211 e. The molecule has 0 atom stereocenters. The Morgan fingerprint density at radius 3 is 2.59 bits per heavy atom. The molecule has 1 rings (SSSR count). The summed E-state index contributed by atoms with van der Waals surface area (Å²) < 4.78 is 39.5. The van der Waals surface area contributed by atoms with Crippen molar-refractivity contribution in [2.75, 3.05) is 6.54 Å². The maximum Gasteiger partial charge on any atom is 0.243 e. The van der Waals surface area contributed by atoms with Gasteiger partial charge in [-0.25, -0.2) is 17.5 Å². The molecule has 0 unspecified atom stereocenters. The molecule has 0 radical (unpaired) electrons. The van der Waals surface area contributed by atoms with Gasteiger partial charge in [0.05, 0.1) is 0 Å². The van der Waals surface area contributed by atoms with Crippen molar-refractivity contribution in [1.29, 1.82) is 0 Å². The maximum atomic E-state index is 13.6. The van der Waals surface area contributed by atoms with Crippen molar-refractivity contribution < 1.29 is 12.8 Å². The van der Waals surface area contributed by atoms with Crippen LogP contribution in [0.3, 0.4) is 0 Å². The topological polar surface area (TPSA) is 46.2 Å². The van der Waals surface area contributed by atoms with Crippen molar-refractivity contribution >= 4 is 16.1 Å². The van der Waals surface area contributed by atoms with Crippen LogP contribution in [0.15, 0.2) is 29.7 Å². The van der Waals surface area contributed by atoms with E-state index in [1.807, 2.05) is 13.8 Å². The predicted molar refractivity (Wildman–Crippen MR) is 66.5 cm³/mol. The fourth-order valence-electron chi connectivity index (χ4n) is 1.22. The van der Waals surface area contributed by atoms with E-state index in [1.165, 1.54) is 18.2 Å². The lowest BCUT2D eigenvalue weighted by Gasteiger charge is -2.09. The fourth-order valence-corrected chi connectivity index (χ4v) is 2.49. The summed E-state index contributed by atoms with van der Waals surface area (Å²) in [6.45, 7) is 7.52. The van der Waals surface area contributed by atoms with Crippen LogP contribution in [0.4, 0.5) is 4.39 Å². The Morgan fingerprint density at radius 2 is 2.12 bits per heavy atom. The second-order valence-corrected chi connectivity index (χ2v) is 5.88. The number of sulfonamides is 1. The van der Waals surface area contributed by atoms with E-state index in [4.69, 9.17) is 0 Å². The van der Waals surface area contributed by atoms with Gasteiger partial charge in [0, 0.05) is 6.54 Å². The van der Waals surface area contributed by atoms with E-state index in [0.717, 1.165) is 6.07 Å². The van der Waals surface area contributed by atoms with E-state index in [1.54, 1.807) is 0 Å². The van der Waals surface area contributed by atoms with Gasteiger partial charge in [-0.2, -0.15) is 0 Å². The monoisotopic (exact) mass is 257 g/mol. The molecule has 0 aromatic heterocycles. The molecule has 0 saturated carbocycles. The predicted octanol–water partition coefficient (Wildman–Crippen LogP) is 2.40. The van der Waals surface area contributed by atoms with Crippen LogP contribution < -0.4 is 4.72 Å². The summed E-state index contributed by atoms with van der Waals surface area (Å²) in [6.07, 6.45) is 1.46. The summed E-state index contributed by atoms with van der Waals surface area (Å²) in [4.78, 5) is -0.330. The fraction of sp³-hybridized carbons (Fsp3) is 0.333. The minimum atomic E-state index is -3.77. The van der Waals surface area contributed by atoms with Gasteiger partial charge in [-0.1, -0.05) is 32.6 Å². The standard InChI is InChI=1S/C12H16FNO2S/c1-4-10-5-6-12(11(13)7-10)17(15,16)14-8-9(2)3/h4-7,9,14H,1,8H2,2-3H3. The van der Waals surface area contributed by atoms with Crippen molar-refractivity contribution in [1.82, 2.24) is 4.72 Å². The van der Waals surface area contributed by atoms with Crippen molar-refractivity contribution in [3.63, 3.8) is 0 Å². The van der Waals surface area contributed by atoms with E-state index in [9.17, 15) is 12.8 Å². The van der Waals surface area contributed by atoms with Crippen LogP contribution in [0.1, 0.15) is 19.4 Å². The molecule has 0 bridgehead atoms. The molecule has 0 amide bonds. The molecule has 0 spiro atoms. The van der Waals surface area contributed by atoms with Gasteiger partial charge < -0.3 is 0 Å². The molecular weight excluding hydrogens is 241 g/mol. The van der Waals surface area contributed by atoms with Crippen molar-refractivity contribution in [2.24, 2.45) is 5.92 Å². The highest BCUT2D eigenvalue weighted by Gasteiger charge is 2.18. The van der Waals surface area contributed by atoms with Gasteiger partial charge in [-0.15, -0.1) is 0 Å². The second-order valence-electron chi connectivity index (χ2n) is 4.14. The van der Waals surface area contributed by atoms with Crippen LogP contribution in [0.2, 0.25) is 0 Å². The third kappa shape index (κ3) is 3.64. The lowest BCUT2D eigenvalue weighted by Crippen LogP contribution is -2.28. The molecule has 0 fully saturated rings. The molecular formula is C12H16FNO2S. The molecule has 0 aliphatic carbocycles.